The lowest BCUT2D eigenvalue weighted by atomic mass is 9.89. The Hall–Kier alpha value is -1.49. The highest BCUT2D eigenvalue weighted by atomic mass is 16.5. The van der Waals surface area contributed by atoms with Crippen LogP contribution in [0.15, 0.2) is 18.6 Å². The highest BCUT2D eigenvalue weighted by Gasteiger charge is 2.24. The molecule has 1 aromatic heterocycles. The molecule has 0 bridgehead atoms. The molecule has 0 spiro atoms. The molecule has 0 radical (unpaired) electrons. The largest absolute Gasteiger partial charge is 0.379 e. The Morgan fingerprint density at radius 2 is 2.18 bits per heavy atom. The fourth-order valence-corrected chi connectivity index (χ4v) is 1.44. The molecule has 0 aliphatic carbocycles. The summed E-state index contributed by atoms with van der Waals surface area (Å²) in [6.07, 6.45) is 4.42. The van der Waals surface area contributed by atoms with Crippen molar-refractivity contribution in [3.8, 4) is 0 Å². The van der Waals surface area contributed by atoms with Gasteiger partial charge in [-0.25, -0.2) is 4.98 Å². The van der Waals surface area contributed by atoms with Gasteiger partial charge in [0.25, 0.3) is 5.91 Å². The van der Waals surface area contributed by atoms with Gasteiger partial charge in [-0.1, -0.05) is 20.8 Å². The van der Waals surface area contributed by atoms with Crippen molar-refractivity contribution < 1.29 is 9.53 Å². The molecule has 0 fully saturated rings. The van der Waals surface area contributed by atoms with Crippen LogP contribution in [0.2, 0.25) is 0 Å². The minimum absolute atomic E-state index is 0.0234. The van der Waals surface area contributed by atoms with E-state index in [0.717, 1.165) is 0 Å². The smallest absolute Gasteiger partial charge is 0.271 e. The SMILES string of the molecule is COC(CNC(=O)c1cnccn1)C(C)(C)C. The highest BCUT2D eigenvalue weighted by Crippen LogP contribution is 2.20. The molecule has 0 aliphatic rings. The van der Waals surface area contributed by atoms with Crippen LogP contribution in [0.4, 0.5) is 0 Å². The first-order chi connectivity index (χ1) is 7.95. The standard InChI is InChI=1S/C12H19N3O2/c1-12(2,3)10(17-4)8-15-11(16)9-7-13-5-6-14-9/h5-7,10H,8H2,1-4H3,(H,15,16). The topological polar surface area (TPSA) is 64.1 Å². The molecule has 0 aliphatic heterocycles. The Labute approximate surface area is 102 Å². The first kappa shape index (κ1) is 13.6. The molecule has 0 aromatic carbocycles. The number of carbonyl (C=O) groups excluding carboxylic acids is 1. The van der Waals surface area contributed by atoms with Gasteiger partial charge in [-0.05, 0) is 5.41 Å². The fraction of sp³-hybridized carbons (Fsp3) is 0.583. The third kappa shape index (κ3) is 4.11. The van der Waals surface area contributed by atoms with Gasteiger partial charge in [-0.2, -0.15) is 0 Å². The van der Waals surface area contributed by atoms with Crippen LogP contribution in [-0.4, -0.2) is 35.6 Å². The molecule has 94 valence electrons. The van der Waals surface area contributed by atoms with Crippen LogP contribution in [0, 0.1) is 5.41 Å². The molecule has 0 saturated carbocycles. The van der Waals surface area contributed by atoms with Crippen LogP contribution in [0.25, 0.3) is 0 Å². The van der Waals surface area contributed by atoms with Crippen molar-refractivity contribution in [3.05, 3.63) is 24.3 Å². The van der Waals surface area contributed by atoms with Crippen molar-refractivity contribution in [1.29, 1.82) is 0 Å². The summed E-state index contributed by atoms with van der Waals surface area (Å²) < 4.78 is 5.35. The number of amides is 1. The molecule has 5 heteroatoms. The van der Waals surface area contributed by atoms with Gasteiger partial charge in [0.05, 0.1) is 12.3 Å². The highest BCUT2D eigenvalue weighted by molar-refractivity contribution is 5.91. The lowest BCUT2D eigenvalue weighted by molar-refractivity contribution is 0.0175. The lowest BCUT2D eigenvalue weighted by Crippen LogP contribution is -2.40. The van der Waals surface area contributed by atoms with Crippen molar-refractivity contribution in [2.24, 2.45) is 5.41 Å². The predicted molar refractivity (Wildman–Crippen MR) is 64.6 cm³/mol. The number of nitrogens with zero attached hydrogens (tertiary/aromatic N) is 2. The number of hydrogen-bond acceptors (Lipinski definition) is 4. The quantitative estimate of drug-likeness (QED) is 0.856. The van der Waals surface area contributed by atoms with Gasteiger partial charge in [-0.3, -0.25) is 9.78 Å². The van der Waals surface area contributed by atoms with Gasteiger partial charge in [0.1, 0.15) is 5.69 Å². The number of ether oxygens (including phenoxy) is 1. The maximum Gasteiger partial charge on any atom is 0.271 e. The summed E-state index contributed by atoms with van der Waals surface area (Å²) in [5.74, 6) is -0.232. The average molecular weight is 237 g/mol. The van der Waals surface area contributed by atoms with E-state index < -0.39 is 0 Å². The van der Waals surface area contributed by atoms with E-state index in [4.69, 9.17) is 4.74 Å². The molecule has 5 nitrogen and oxygen atoms in total. The van der Waals surface area contributed by atoms with E-state index in [1.165, 1.54) is 18.6 Å². The van der Waals surface area contributed by atoms with E-state index in [9.17, 15) is 4.79 Å². The van der Waals surface area contributed by atoms with E-state index in [1.807, 2.05) is 0 Å². The number of rotatable bonds is 4. The number of nitrogens with one attached hydrogen (secondary N) is 1. The fourth-order valence-electron chi connectivity index (χ4n) is 1.44. The summed E-state index contributed by atoms with van der Waals surface area (Å²) in [7, 11) is 1.64. The van der Waals surface area contributed by atoms with Crippen molar-refractivity contribution in [1.82, 2.24) is 15.3 Å². The number of hydrogen-bond donors (Lipinski definition) is 1. The molecule has 1 N–H and O–H groups in total. The minimum Gasteiger partial charge on any atom is -0.379 e. The van der Waals surface area contributed by atoms with E-state index in [-0.39, 0.29) is 17.4 Å². The zero-order chi connectivity index (χ0) is 12.9. The van der Waals surface area contributed by atoms with Gasteiger partial charge in [0.15, 0.2) is 0 Å². The van der Waals surface area contributed by atoms with Crippen molar-refractivity contribution in [2.75, 3.05) is 13.7 Å². The summed E-state index contributed by atoms with van der Waals surface area (Å²) in [6, 6.07) is 0. The maximum atomic E-state index is 11.7. The molecular weight excluding hydrogens is 218 g/mol. The van der Waals surface area contributed by atoms with E-state index in [1.54, 1.807) is 7.11 Å². The van der Waals surface area contributed by atoms with Crippen LogP contribution in [-0.2, 0) is 4.74 Å². The summed E-state index contributed by atoms with van der Waals surface area (Å²) >= 11 is 0. The molecule has 1 heterocycles. The maximum absolute atomic E-state index is 11.7. The Morgan fingerprint density at radius 1 is 1.47 bits per heavy atom. The number of aromatic nitrogens is 2. The second kappa shape index (κ2) is 5.72. The van der Waals surface area contributed by atoms with Gasteiger partial charge in [-0.15, -0.1) is 0 Å². The van der Waals surface area contributed by atoms with Crippen molar-refractivity contribution >= 4 is 5.91 Å². The number of carbonyl (C=O) groups is 1. The third-order valence-corrected chi connectivity index (χ3v) is 2.49. The Kier molecular flexibility index (Phi) is 4.57. The summed E-state index contributed by atoms with van der Waals surface area (Å²) in [6.45, 7) is 6.65. The molecule has 1 aromatic rings. The molecule has 0 saturated heterocycles. The van der Waals surface area contributed by atoms with Crippen LogP contribution in [0.5, 0.6) is 0 Å². The molecule has 1 amide bonds. The monoisotopic (exact) mass is 237 g/mol. The van der Waals surface area contributed by atoms with Gasteiger partial charge < -0.3 is 10.1 Å². The predicted octanol–water partition coefficient (Wildman–Crippen LogP) is 1.27. The molecule has 1 atom stereocenters. The van der Waals surface area contributed by atoms with E-state index >= 15 is 0 Å². The Balaban J connectivity index is 2.54. The van der Waals surface area contributed by atoms with Crippen LogP contribution < -0.4 is 5.32 Å². The van der Waals surface area contributed by atoms with Crippen LogP contribution >= 0.6 is 0 Å². The minimum atomic E-state index is -0.232. The Morgan fingerprint density at radius 3 is 2.65 bits per heavy atom. The lowest BCUT2D eigenvalue weighted by Gasteiger charge is -2.29. The third-order valence-electron chi connectivity index (χ3n) is 2.49. The molecule has 17 heavy (non-hydrogen) atoms. The Bertz CT molecular complexity index is 360. The van der Waals surface area contributed by atoms with Gasteiger partial charge in [0.2, 0.25) is 0 Å². The van der Waals surface area contributed by atoms with Gasteiger partial charge >= 0.3 is 0 Å². The number of methoxy groups -OCH3 is 1. The molecular formula is C12H19N3O2. The second-order valence-electron chi connectivity index (χ2n) is 4.89. The second-order valence-corrected chi connectivity index (χ2v) is 4.89. The molecule has 1 unspecified atom stereocenters. The first-order valence-corrected chi connectivity index (χ1v) is 5.52. The van der Waals surface area contributed by atoms with E-state index in [0.29, 0.717) is 12.2 Å². The summed E-state index contributed by atoms with van der Waals surface area (Å²) in [4.78, 5) is 19.5. The van der Waals surface area contributed by atoms with Gasteiger partial charge in [0, 0.05) is 26.0 Å². The zero-order valence-corrected chi connectivity index (χ0v) is 10.7. The normalized spacial score (nSPS) is 13.2. The average Bonchev–Trinajstić information content (AvgIpc) is 2.29. The van der Waals surface area contributed by atoms with Crippen LogP contribution in [0.3, 0.4) is 0 Å². The van der Waals surface area contributed by atoms with Crippen LogP contribution in [0.1, 0.15) is 31.3 Å². The van der Waals surface area contributed by atoms with Crippen molar-refractivity contribution in [3.63, 3.8) is 0 Å². The summed E-state index contributed by atoms with van der Waals surface area (Å²) in [5, 5.41) is 2.79. The zero-order valence-electron chi connectivity index (χ0n) is 10.7. The van der Waals surface area contributed by atoms with E-state index in [2.05, 4.69) is 36.1 Å². The van der Waals surface area contributed by atoms with Crippen molar-refractivity contribution in [2.45, 2.75) is 26.9 Å². The molecule has 1 rings (SSSR count). The summed E-state index contributed by atoms with van der Waals surface area (Å²) in [5.41, 5.74) is 0.293. The first-order valence-electron chi connectivity index (χ1n) is 5.52.